The molecule has 3 N–H and O–H groups in total. The van der Waals surface area contributed by atoms with Crippen LogP contribution in [0.3, 0.4) is 0 Å². The van der Waals surface area contributed by atoms with Crippen molar-refractivity contribution in [3.8, 4) is 0 Å². The summed E-state index contributed by atoms with van der Waals surface area (Å²) in [7, 11) is 0. The number of anilines is 1. The zero-order chi connectivity index (χ0) is 16.8. The topological polar surface area (TPSA) is 45.7 Å². The molecule has 4 heteroatoms. The van der Waals surface area contributed by atoms with E-state index >= 15 is 0 Å². The predicted octanol–water partition coefficient (Wildman–Crippen LogP) is 3.18. The molecule has 0 aliphatic heterocycles. The van der Waals surface area contributed by atoms with E-state index in [9.17, 15) is 9.18 Å². The van der Waals surface area contributed by atoms with E-state index in [1.807, 2.05) is 6.92 Å². The summed E-state index contributed by atoms with van der Waals surface area (Å²) < 4.78 is 12.9. The maximum Gasteiger partial charge on any atom is 0.282 e. The second kappa shape index (κ2) is 7.88. The number of nitrogens with one attached hydrogen (secondary N) is 1. The molecule has 0 heterocycles. The van der Waals surface area contributed by atoms with Crippen molar-refractivity contribution in [2.24, 2.45) is 0 Å². The van der Waals surface area contributed by atoms with E-state index in [0.717, 1.165) is 6.42 Å². The minimum atomic E-state index is -0.312. The zero-order valence-electron chi connectivity index (χ0n) is 13.8. The Balaban J connectivity index is 1.98. The summed E-state index contributed by atoms with van der Waals surface area (Å²) >= 11 is 0. The lowest BCUT2D eigenvalue weighted by Crippen LogP contribution is -2.92. The van der Waals surface area contributed by atoms with Gasteiger partial charge in [-0.25, -0.2) is 4.39 Å². The molecule has 1 amide bonds. The van der Waals surface area contributed by atoms with E-state index in [-0.39, 0.29) is 23.8 Å². The van der Waals surface area contributed by atoms with Gasteiger partial charge in [-0.2, -0.15) is 0 Å². The molecule has 2 aromatic carbocycles. The average Bonchev–Trinajstić information content (AvgIpc) is 2.55. The SMILES string of the molecule is CC[C@@H]([NH2+][C@H](C)C(=O)Nc1ccc(F)cc1)c1ccc(C)cc1. The Morgan fingerprint density at radius 3 is 2.30 bits per heavy atom. The molecule has 0 aromatic heterocycles. The molecule has 0 unspecified atom stereocenters. The van der Waals surface area contributed by atoms with Gasteiger partial charge in [0.1, 0.15) is 11.9 Å². The molecule has 122 valence electrons. The Labute approximate surface area is 136 Å². The number of carbonyl (C=O) groups is 1. The predicted molar refractivity (Wildman–Crippen MR) is 90.6 cm³/mol. The van der Waals surface area contributed by atoms with Gasteiger partial charge >= 0.3 is 0 Å². The number of nitrogens with two attached hydrogens (primary N) is 1. The van der Waals surface area contributed by atoms with E-state index in [1.165, 1.54) is 23.3 Å². The van der Waals surface area contributed by atoms with Gasteiger partial charge < -0.3 is 10.6 Å². The number of halogens is 1. The number of rotatable bonds is 6. The van der Waals surface area contributed by atoms with Crippen LogP contribution in [-0.4, -0.2) is 11.9 Å². The minimum Gasteiger partial charge on any atom is -0.330 e. The third kappa shape index (κ3) is 4.89. The highest BCUT2D eigenvalue weighted by Gasteiger charge is 2.22. The van der Waals surface area contributed by atoms with Gasteiger partial charge in [0.2, 0.25) is 0 Å². The number of benzene rings is 2. The first kappa shape index (κ1) is 17.2. The van der Waals surface area contributed by atoms with Crippen LogP contribution in [0.1, 0.15) is 37.4 Å². The van der Waals surface area contributed by atoms with Crippen molar-refractivity contribution >= 4 is 11.6 Å². The summed E-state index contributed by atoms with van der Waals surface area (Å²) in [5.41, 5.74) is 3.06. The van der Waals surface area contributed by atoms with Gasteiger partial charge in [-0.1, -0.05) is 36.8 Å². The monoisotopic (exact) mass is 315 g/mol. The normalized spacial score (nSPS) is 13.4. The van der Waals surface area contributed by atoms with Gasteiger partial charge in [0.25, 0.3) is 5.91 Å². The molecule has 0 saturated carbocycles. The summed E-state index contributed by atoms with van der Waals surface area (Å²) in [6, 6.07) is 14.2. The van der Waals surface area contributed by atoms with Crippen LogP contribution in [0.2, 0.25) is 0 Å². The Hall–Kier alpha value is -2.20. The Morgan fingerprint density at radius 1 is 1.13 bits per heavy atom. The second-order valence-corrected chi connectivity index (χ2v) is 5.90. The molecule has 3 nitrogen and oxygen atoms in total. The van der Waals surface area contributed by atoms with E-state index in [1.54, 1.807) is 12.1 Å². The first-order valence-corrected chi connectivity index (χ1v) is 7.97. The highest BCUT2D eigenvalue weighted by Crippen LogP contribution is 2.14. The van der Waals surface area contributed by atoms with Crippen molar-refractivity contribution in [2.45, 2.75) is 39.3 Å². The first-order chi connectivity index (χ1) is 11.0. The molecule has 0 aliphatic carbocycles. The van der Waals surface area contributed by atoms with Gasteiger partial charge in [-0.15, -0.1) is 0 Å². The molecule has 0 fully saturated rings. The van der Waals surface area contributed by atoms with Crippen LogP contribution in [0.4, 0.5) is 10.1 Å². The van der Waals surface area contributed by atoms with Gasteiger partial charge in [0, 0.05) is 17.7 Å². The Kier molecular flexibility index (Phi) is 5.88. The standard InChI is InChI=1S/C19H23FN2O/c1-4-18(15-7-5-13(2)6-8-15)21-14(3)19(23)22-17-11-9-16(20)10-12-17/h5-12,14,18,21H,4H2,1-3H3,(H,22,23)/p+1/t14-,18-/m1/s1. The van der Waals surface area contributed by atoms with Crippen LogP contribution in [0, 0.1) is 12.7 Å². The highest BCUT2D eigenvalue weighted by molar-refractivity contribution is 5.93. The number of quaternary nitrogens is 1. The Bertz CT molecular complexity index is 637. The molecule has 0 bridgehead atoms. The summed E-state index contributed by atoms with van der Waals surface area (Å²) in [4.78, 5) is 12.3. The summed E-state index contributed by atoms with van der Waals surface area (Å²) in [5, 5.41) is 4.90. The summed E-state index contributed by atoms with van der Waals surface area (Å²) in [6.45, 7) is 6.06. The van der Waals surface area contributed by atoms with Gasteiger partial charge in [0.15, 0.2) is 6.04 Å². The van der Waals surface area contributed by atoms with Gasteiger partial charge in [-0.05, 0) is 38.1 Å². The summed E-state index contributed by atoms with van der Waals surface area (Å²) in [5.74, 6) is -0.393. The quantitative estimate of drug-likeness (QED) is 0.845. The fraction of sp³-hybridized carbons (Fsp3) is 0.316. The van der Waals surface area contributed by atoms with Gasteiger partial charge in [-0.3, -0.25) is 4.79 Å². The largest absolute Gasteiger partial charge is 0.330 e. The van der Waals surface area contributed by atoms with Crippen molar-refractivity contribution in [1.82, 2.24) is 0 Å². The molecular formula is C19H24FN2O+. The number of hydrogen-bond acceptors (Lipinski definition) is 1. The molecular weight excluding hydrogens is 291 g/mol. The van der Waals surface area contributed by atoms with Crippen molar-refractivity contribution in [2.75, 3.05) is 5.32 Å². The van der Waals surface area contributed by atoms with Crippen molar-refractivity contribution in [3.05, 3.63) is 65.5 Å². The first-order valence-electron chi connectivity index (χ1n) is 7.97. The van der Waals surface area contributed by atoms with Crippen LogP contribution in [0.25, 0.3) is 0 Å². The Morgan fingerprint density at radius 2 is 1.74 bits per heavy atom. The summed E-state index contributed by atoms with van der Waals surface area (Å²) in [6.07, 6.45) is 0.942. The lowest BCUT2D eigenvalue weighted by Gasteiger charge is -2.19. The average molecular weight is 315 g/mol. The minimum absolute atomic E-state index is 0.0813. The molecule has 2 rings (SSSR count). The lowest BCUT2D eigenvalue weighted by atomic mass is 10.0. The fourth-order valence-corrected chi connectivity index (χ4v) is 2.52. The molecule has 2 atom stereocenters. The fourth-order valence-electron chi connectivity index (χ4n) is 2.52. The number of carbonyl (C=O) groups excluding carboxylic acids is 1. The van der Waals surface area contributed by atoms with E-state index in [0.29, 0.717) is 5.69 Å². The van der Waals surface area contributed by atoms with Crippen LogP contribution in [-0.2, 0) is 4.79 Å². The maximum absolute atomic E-state index is 12.9. The maximum atomic E-state index is 12.9. The van der Waals surface area contributed by atoms with Crippen LogP contribution in [0.5, 0.6) is 0 Å². The molecule has 0 spiro atoms. The number of amides is 1. The lowest BCUT2D eigenvalue weighted by molar-refractivity contribution is -0.713. The second-order valence-electron chi connectivity index (χ2n) is 5.90. The molecule has 0 aliphatic rings. The molecule has 23 heavy (non-hydrogen) atoms. The van der Waals surface area contributed by atoms with Crippen LogP contribution >= 0.6 is 0 Å². The number of hydrogen-bond donors (Lipinski definition) is 2. The molecule has 2 aromatic rings. The van der Waals surface area contributed by atoms with Crippen LogP contribution in [0.15, 0.2) is 48.5 Å². The van der Waals surface area contributed by atoms with Crippen molar-refractivity contribution in [3.63, 3.8) is 0 Å². The van der Waals surface area contributed by atoms with Crippen molar-refractivity contribution in [1.29, 1.82) is 0 Å². The molecule has 0 saturated heterocycles. The molecule has 0 radical (unpaired) electrons. The van der Waals surface area contributed by atoms with Crippen molar-refractivity contribution < 1.29 is 14.5 Å². The highest BCUT2D eigenvalue weighted by atomic mass is 19.1. The van der Waals surface area contributed by atoms with Gasteiger partial charge in [0.05, 0.1) is 0 Å². The van der Waals surface area contributed by atoms with E-state index in [2.05, 4.69) is 48.7 Å². The third-order valence-electron chi connectivity index (χ3n) is 3.99. The number of aryl methyl sites for hydroxylation is 1. The van der Waals surface area contributed by atoms with Crippen LogP contribution < -0.4 is 10.6 Å². The zero-order valence-corrected chi connectivity index (χ0v) is 13.8. The van der Waals surface area contributed by atoms with E-state index in [4.69, 9.17) is 0 Å². The smallest absolute Gasteiger partial charge is 0.282 e. The van der Waals surface area contributed by atoms with E-state index < -0.39 is 0 Å². The third-order valence-corrected chi connectivity index (χ3v) is 3.99.